The molecule has 3 heteroatoms. The number of allylic oxidation sites excluding steroid dienone is 5. The third-order valence-corrected chi connectivity index (χ3v) is 2.67. The van der Waals surface area contributed by atoms with Crippen molar-refractivity contribution in [3.05, 3.63) is 66.5 Å². The van der Waals surface area contributed by atoms with E-state index in [4.69, 9.17) is 4.52 Å². The molecule has 0 bridgehead atoms. The van der Waals surface area contributed by atoms with Crippen LogP contribution in [0.4, 0.5) is 0 Å². The second kappa shape index (κ2) is 5.96. The van der Waals surface area contributed by atoms with Crippen LogP contribution in [0.3, 0.4) is 0 Å². The lowest BCUT2D eigenvalue weighted by atomic mass is 10.1. The summed E-state index contributed by atoms with van der Waals surface area (Å²) in [7, 11) is 0. The Bertz CT molecular complexity index is 618. The van der Waals surface area contributed by atoms with Crippen molar-refractivity contribution < 1.29 is 4.52 Å². The number of aromatic nitrogens is 2. The van der Waals surface area contributed by atoms with E-state index in [0.29, 0.717) is 11.7 Å². The van der Waals surface area contributed by atoms with E-state index in [2.05, 4.69) is 16.7 Å². The summed E-state index contributed by atoms with van der Waals surface area (Å²) in [5, 5.41) is 3.98. The largest absolute Gasteiger partial charge is 0.334 e. The molecule has 2 aromatic rings. The molecule has 0 unspecified atom stereocenters. The average Bonchev–Trinajstić information content (AvgIpc) is 2.89. The summed E-state index contributed by atoms with van der Waals surface area (Å²) in [6, 6.07) is 8.00. The van der Waals surface area contributed by atoms with Crippen LogP contribution in [0.2, 0.25) is 0 Å². The SMILES string of the molecule is C=C/C=C\C=C(/C)c1noc(-c2ccc(C)cc2)n1. The standard InChI is InChI=1S/C16H16N2O/c1-4-5-6-7-13(3)15-17-16(19-18-15)14-10-8-12(2)9-11-14/h4-11H,1H2,2-3H3/b6-5-,13-7+. The van der Waals surface area contributed by atoms with Crippen LogP contribution in [0.1, 0.15) is 18.3 Å². The minimum Gasteiger partial charge on any atom is -0.334 e. The fourth-order valence-electron chi connectivity index (χ4n) is 1.55. The molecule has 0 aliphatic rings. The fraction of sp³-hybridized carbons (Fsp3) is 0.125. The maximum absolute atomic E-state index is 5.27. The van der Waals surface area contributed by atoms with Crippen molar-refractivity contribution in [2.45, 2.75) is 13.8 Å². The lowest BCUT2D eigenvalue weighted by molar-refractivity contribution is 0.428. The zero-order valence-electron chi connectivity index (χ0n) is 11.1. The van der Waals surface area contributed by atoms with Gasteiger partial charge in [-0.2, -0.15) is 4.98 Å². The van der Waals surface area contributed by atoms with Gasteiger partial charge in [0.15, 0.2) is 5.82 Å². The topological polar surface area (TPSA) is 38.9 Å². The highest BCUT2D eigenvalue weighted by Gasteiger charge is 2.09. The van der Waals surface area contributed by atoms with Crippen molar-refractivity contribution in [1.82, 2.24) is 10.1 Å². The normalized spacial score (nSPS) is 12.0. The molecule has 0 saturated carbocycles. The Morgan fingerprint density at radius 1 is 1.21 bits per heavy atom. The van der Waals surface area contributed by atoms with Crippen LogP contribution in [-0.4, -0.2) is 10.1 Å². The summed E-state index contributed by atoms with van der Waals surface area (Å²) >= 11 is 0. The third-order valence-electron chi connectivity index (χ3n) is 2.67. The maximum Gasteiger partial charge on any atom is 0.258 e. The van der Waals surface area contributed by atoms with Gasteiger partial charge in [-0.1, -0.05) is 53.7 Å². The van der Waals surface area contributed by atoms with Crippen molar-refractivity contribution in [3.63, 3.8) is 0 Å². The molecule has 19 heavy (non-hydrogen) atoms. The van der Waals surface area contributed by atoms with Gasteiger partial charge >= 0.3 is 0 Å². The van der Waals surface area contributed by atoms with E-state index in [0.717, 1.165) is 11.1 Å². The Balaban J connectivity index is 2.23. The zero-order valence-corrected chi connectivity index (χ0v) is 11.1. The molecule has 0 N–H and O–H groups in total. The van der Waals surface area contributed by atoms with Crippen molar-refractivity contribution in [3.8, 4) is 11.5 Å². The molecule has 2 rings (SSSR count). The molecule has 0 fully saturated rings. The molecule has 0 saturated heterocycles. The summed E-state index contributed by atoms with van der Waals surface area (Å²) in [4.78, 5) is 4.38. The van der Waals surface area contributed by atoms with Crippen molar-refractivity contribution >= 4 is 5.57 Å². The van der Waals surface area contributed by atoms with Crippen molar-refractivity contribution in [2.24, 2.45) is 0 Å². The summed E-state index contributed by atoms with van der Waals surface area (Å²) in [6.07, 6.45) is 7.39. The molecule has 1 aromatic heterocycles. The van der Waals surface area contributed by atoms with Gasteiger partial charge in [-0.05, 0) is 31.6 Å². The van der Waals surface area contributed by atoms with E-state index in [9.17, 15) is 0 Å². The van der Waals surface area contributed by atoms with Gasteiger partial charge in [-0.25, -0.2) is 0 Å². The van der Waals surface area contributed by atoms with Crippen LogP contribution in [0.25, 0.3) is 17.0 Å². The molecule has 0 spiro atoms. The quantitative estimate of drug-likeness (QED) is 0.766. The first-order valence-electron chi connectivity index (χ1n) is 6.08. The number of rotatable bonds is 4. The molecule has 0 radical (unpaired) electrons. The summed E-state index contributed by atoms with van der Waals surface area (Å²) in [6.45, 7) is 7.60. The number of nitrogens with zero attached hydrogens (tertiary/aromatic N) is 2. The van der Waals surface area contributed by atoms with Gasteiger partial charge in [0.25, 0.3) is 5.89 Å². The Labute approximate surface area is 113 Å². The molecule has 0 amide bonds. The second-order valence-corrected chi connectivity index (χ2v) is 4.26. The van der Waals surface area contributed by atoms with Crippen LogP contribution < -0.4 is 0 Å². The predicted molar refractivity (Wildman–Crippen MR) is 77.5 cm³/mol. The molecule has 96 valence electrons. The molecule has 1 aromatic carbocycles. The van der Waals surface area contributed by atoms with Crippen LogP contribution in [0.5, 0.6) is 0 Å². The first-order valence-corrected chi connectivity index (χ1v) is 6.08. The van der Waals surface area contributed by atoms with E-state index in [1.807, 2.05) is 56.3 Å². The van der Waals surface area contributed by atoms with Crippen LogP contribution in [-0.2, 0) is 0 Å². The van der Waals surface area contributed by atoms with E-state index in [1.165, 1.54) is 5.56 Å². The Hall–Kier alpha value is -2.42. The molecular formula is C16H16N2O. The van der Waals surface area contributed by atoms with Crippen LogP contribution in [0.15, 0.2) is 59.7 Å². The van der Waals surface area contributed by atoms with Gasteiger partial charge in [-0.15, -0.1) is 0 Å². The van der Waals surface area contributed by atoms with Crippen LogP contribution >= 0.6 is 0 Å². The zero-order chi connectivity index (χ0) is 13.7. The summed E-state index contributed by atoms with van der Waals surface area (Å²) in [5.74, 6) is 1.14. The minimum atomic E-state index is 0.537. The molecule has 0 aliphatic heterocycles. The van der Waals surface area contributed by atoms with E-state index >= 15 is 0 Å². The molecular weight excluding hydrogens is 236 g/mol. The average molecular weight is 252 g/mol. The first kappa shape index (κ1) is 13.0. The number of hydrogen-bond acceptors (Lipinski definition) is 3. The molecule has 1 heterocycles. The number of aryl methyl sites for hydroxylation is 1. The minimum absolute atomic E-state index is 0.537. The smallest absolute Gasteiger partial charge is 0.258 e. The monoisotopic (exact) mass is 252 g/mol. The van der Waals surface area contributed by atoms with Gasteiger partial charge < -0.3 is 4.52 Å². The van der Waals surface area contributed by atoms with Gasteiger partial charge in [0, 0.05) is 5.56 Å². The summed E-state index contributed by atoms with van der Waals surface area (Å²) in [5.41, 5.74) is 3.08. The number of benzene rings is 1. The Morgan fingerprint density at radius 3 is 2.63 bits per heavy atom. The van der Waals surface area contributed by atoms with Gasteiger partial charge in [0.2, 0.25) is 0 Å². The number of hydrogen-bond donors (Lipinski definition) is 0. The van der Waals surface area contributed by atoms with E-state index in [-0.39, 0.29) is 0 Å². The Morgan fingerprint density at radius 2 is 1.95 bits per heavy atom. The fourth-order valence-corrected chi connectivity index (χ4v) is 1.55. The van der Waals surface area contributed by atoms with Gasteiger partial charge in [0.1, 0.15) is 0 Å². The predicted octanol–water partition coefficient (Wildman–Crippen LogP) is 4.19. The first-order chi connectivity index (χ1) is 9.20. The van der Waals surface area contributed by atoms with E-state index < -0.39 is 0 Å². The molecule has 0 aliphatic carbocycles. The highest BCUT2D eigenvalue weighted by molar-refractivity contribution is 5.62. The molecule has 3 nitrogen and oxygen atoms in total. The second-order valence-electron chi connectivity index (χ2n) is 4.26. The van der Waals surface area contributed by atoms with Crippen molar-refractivity contribution in [2.75, 3.05) is 0 Å². The maximum atomic E-state index is 5.27. The lowest BCUT2D eigenvalue weighted by Crippen LogP contribution is -1.83. The third kappa shape index (κ3) is 3.28. The van der Waals surface area contributed by atoms with Gasteiger partial charge in [-0.3, -0.25) is 0 Å². The lowest BCUT2D eigenvalue weighted by Gasteiger charge is -1.94. The van der Waals surface area contributed by atoms with E-state index in [1.54, 1.807) is 6.08 Å². The summed E-state index contributed by atoms with van der Waals surface area (Å²) < 4.78 is 5.27. The van der Waals surface area contributed by atoms with Gasteiger partial charge in [0.05, 0.1) is 0 Å². The highest BCUT2D eigenvalue weighted by atomic mass is 16.5. The van der Waals surface area contributed by atoms with Crippen molar-refractivity contribution in [1.29, 1.82) is 0 Å². The van der Waals surface area contributed by atoms with Crippen LogP contribution in [0, 0.1) is 6.92 Å². The highest BCUT2D eigenvalue weighted by Crippen LogP contribution is 2.20. The Kier molecular flexibility index (Phi) is 4.08. The molecule has 0 atom stereocenters.